The second kappa shape index (κ2) is 7.20. The molecule has 0 saturated heterocycles. The van der Waals surface area contributed by atoms with Gasteiger partial charge in [-0.3, -0.25) is 0 Å². The second-order valence-corrected chi connectivity index (χ2v) is 7.18. The third-order valence-corrected chi connectivity index (χ3v) is 3.98. The maximum Gasteiger partial charge on any atom is 0.0292 e. The summed E-state index contributed by atoms with van der Waals surface area (Å²) >= 11 is 1.97. The van der Waals surface area contributed by atoms with Gasteiger partial charge in [-0.05, 0) is 48.8 Å². The van der Waals surface area contributed by atoms with Crippen molar-refractivity contribution in [2.45, 2.75) is 52.0 Å². The van der Waals surface area contributed by atoms with Gasteiger partial charge in [0.25, 0.3) is 0 Å². The lowest BCUT2D eigenvalue weighted by Crippen LogP contribution is -2.17. The van der Waals surface area contributed by atoms with Crippen LogP contribution in [0.15, 0.2) is 29.2 Å². The largest absolute Gasteiger partial charge is 0.310 e. The van der Waals surface area contributed by atoms with Crippen molar-refractivity contribution in [3.05, 3.63) is 29.8 Å². The summed E-state index contributed by atoms with van der Waals surface area (Å²) in [6.45, 7) is 12.3. The molecule has 102 valence electrons. The molecule has 0 saturated carbocycles. The summed E-state index contributed by atoms with van der Waals surface area (Å²) in [7, 11) is 0. The number of thioether (sulfide) groups is 1. The van der Waals surface area contributed by atoms with Gasteiger partial charge in [-0.1, -0.05) is 39.8 Å². The maximum atomic E-state index is 3.46. The molecule has 0 amide bonds. The summed E-state index contributed by atoms with van der Waals surface area (Å²) in [5.41, 5.74) is 1.82. The van der Waals surface area contributed by atoms with Crippen LogP contribution in [0.2, 0.25) is 0 Å². The molecule has 1 unspecified atom stereocenters. The van der Waals surface area contributed by atoms with E-state index in [4.69, 9.17) is 0 Å². The fourth-order valence-corrected chi connectivity index (χ4v) is 3.12. The molecule has 0 aliphatic heterocycles. The first-order valence-electron chi connectivity index (χ1n) is 6.88. The first-order chi connectivity index (χ1) is 8.42. The van der Waals surface area contributed by atoms with E-state index in [1.807, 2.05) is 11.8 Å². The molecular formula is C16H27NS. The number of nitrogens with one attached hydrogen (secondary N) is 1. The Kier molecular flexibility index (Phi) is 6.24. The number of rotatable bonds is 6. The van der Waals surface area contributed by atoms with E-state index >= 15 is 0 Å². The zero-order chi connectivity index (χ0) is 13.6. The van der Waals surface area contributed by atoms with Crippen LogP contribution in [0.25, 0.3) is 0 Å². The summed E-state index contributed by atoms with van der Waals surface area (Å²) < 4.78 is 0. The van der Waals surface area contributed by atoms with Gasteiger partial charge in [0.2, 0.25) is 0 Å². The van der Waals surface area contributed by atoms with Crippen LogP contribution in [0, 0.1) is 5.41 Å². The second-order valence-electron chi connectivity index (χ2n) is 6.01. The summed E-state index contributed by atoms with van der Waals surface area (Å²) in [6, 6.07) is 9.36. The maximum absolute atomic E-state index is 3.46. The highest BCUT2D eigenvalue weighted by Crippen LogP contribution is 2.27. The van der Waals surface area contributed by atoms with Gasteiger partial charge >= 0.3 is 0 Å². The predicted octanol–water partition coefficient (Wildman–Crippen LogP) is 4.89. The summed E-state index contributed by atoms with van der Waals surface area (Å²) in [5.74, 6) is 1.20. The van der Waals surface area contributed by atoms with Gasteiger partial charge in [0.15, 0.2) is 0 Å². The SMILES string of the molecule is CCNC(C)c1cccc(SCCC(C)(C)C)c1. The molecular weight excluding hydrogens is 238 g/mol. The fraction of sp³-hybridized carbons (Fsp3) is 0.625. The lowest BCUT2D eigenvalue weighted by Gasteiger charge is -2.18. The van der Waals surface area contributed by atoms with Crippen LogP contribution in [0.1, 0.15) is 52.6 Å². The molecule has 1 aromatic rings. The Morgan fingerprint density at radius 3 is 2.61 bits per heavy atom. The van der Waals surface area contributed by atoms with E-state index in [2.05, 4.69) is 64.2 Å². The Bertz CT molecular complexity index is 354. The van der Waals surface area contributed by atoms with Gasteiger partial charge in [-0.15, -0.1) is 11.8 Å². The van der Waals surface area contributed by atoms with Gasteiger partial charge in [-0.25, -0.2) is 0 Å². The molecule has 1 N–H and O–H groups in total. The van der Waals surface area contributed by atoms with Crippen molar-refractivity contribution in [1.29, 1.82) is 0 Å². The van der Waals surface area contributed by atoms with Crippen molar-refractivity contribution >= 4 is 11.8 Å². The van der Waals surface area contributed by atoms with Crippen molar-refractivity contribution in [1.82, 2.24) is 5.32 Å². The molecule has 0 radical (unpaired) electrons. The Morgan fingerprint density at radius 2 is 2.00 bits per heavy atom. The third kappa shape index (κ3) is 5.92. The minimum absolute atomic E-state index is 0.432. The lowest BCUT2D eigenvalue weighted by atomic mass is 9.94. The van der Waals surface area contributed by atoms with Crippen LogP contribution in [-0.2, 0) is 0 Å². The van der Waals surface area contributed by atoms with Gasteiger partial charge < -0.3 is 5.32 Å². The van der Waals surface area contributed by atoms with Gasteiger partial charge in [0, 0.05) is 10.9 Å². The molecule has 1 nitrogen and oxygen atoms in total. The van der Waals surface area contributed by atoms with E-state index in [-0.39, 0.29) is 0 Å². The summed E-state index contributed by atoms with van der Waals surface area (Å²) in [5, 5.41) is 3.46. The van der Waals surface area contributed by atoms with Crippen LogP contribution in [-0.4, -0.2) is 12.3 Å². The first-order valence-corrected chi connectivity index (χ1v) is 7.87. The van der Waals surface area contributed by atoms with E-state index in [9.17, 15) is 0 Å². The van der Waals surface area contributed by atoms with Crippen molar-refractivity contribution < 1.29 is 0 Å². The molecule has 0 spiro atoms. The van der Waals surface area contributed by atoms with Crippen LogP contribution in [0.5, 0.6) is 0 Å². The van der Waals surface area contributed by atoms with Crippen LogP contribution < -0.4 is 5.32 Å². The van der Waals surface area contributed by atoms with Crippen molar-refractivity contribution in [2.75, 3.05) is 12.3 Å². The van der Waals surface area contributed by atoms with Gasteiger partial charge in [0.05, 0.1) is 0 Å². The van der Waals surface area contributed by atoms with E-state index in [0.29, 0.717) is 11.5 Å². The topological polar surface area (TPSA) is 12.0 Å². The predicted molar refractivity (Wildman–Crippen MR) is 83.3 cm³/mol. The minimum Gasteiger partial charge on any atom is -0.310 e. The molecule has 18 heavy (non-hydrogen) atoms. The molecule has 0 aliphatic rings. The average molecular weight is 265 g/mol. The number of hydrogen-bond acceptors (Lipinski definition) is 2. The van der Waals surface area contributed by atoms with Crippen molar-refractivity contribution in [2.24, 2.45) is 5.41 Å². The highest BCUT2D eigenvalue weighted by molar-refractivity contribution is 7.99. The molecule has 0 fully saturated rings. The monoisotopic (exact) mass is 265 g/mol. The summed E-state index contributed by atoms with van der Waals surface area (Å²) in [4.78, 5) is 1.39. The van der Waals surface area contributed by atoms with Crippen LogP contribution >= 0.6 is 11.8 Å². The molecule has 0 aromatic heterocycles. The van der Waals surface area contributed by atoms with Crippen molar-refractivity contribution in [3.8, 4) is 0 Å². The fourth-order valence-electron chi connectivity index (χ4n) is 1.77. The molecule has 0 heterocycles. The van der Waals surface area contributed by atoms with Crippen LogP contribution in [0.4, 0.5) is 0 Å². The molecule has 0 aliphatic carbocycles. The quantitative estimate of drug-likeness (QED) is 0.735. The lowest BCUT2D eigenvalue weighted by molar-refractivity contribution is 0.401. The normalized spacial score (nSPS) is 13.6. The minimum atomic E-state index is 0.432. The number of hydrogen-bond donors (Lipinski definition) is 1. The smallest absolute Gasteiger partial charge is 0.0292 e. The van der Waals surface area contributed by atoms with E-state index < -0.39 is 0 Å². The van der Waals surface area contributed by atoms with E-state index in [1.54, 1.807) is 0 Å². The Morgan fingerprint density at radius 1 is 1.28 bits per heavy atom. The van der Waals surface area contributed by atoms with E-state index in [0.717, 1.165) is 6.54 Å². The first kappa shape index (κ1) is 15.6. The van der Waals surface area contributed by atoms with Crippen LogP contribution in [0.3, 0.4) is 0 Å². The van der Waals surface area contributed by atoms with Crippen molar-refractivity contribution in [3.63, 3.8) is 0 Å². The Balaban J connectivity index is 2.54. The number of benzene rings is 1. The highest BCUT2D eigenvalue weighted by Gasteiger charge is 2.10. The average Bonchev–Trinajstić information content (AvgIpc) is 2.28. The van der Waals surface area contributed by atoms with E-state index in [1.165, 1.54) is 22.6 Å². The standard InChI is InChI=1S/C16H27NS/c1-6-17-13(2)14-8-7-9-15(12-14)18-11-10-16(3,4)5/h7-9,12-13,17H,6,10-11H2,1-5H3. The molecule has 2 heteroatoms. The highest BCUT2D eigenvalue weighted by atomic mass is 32.2. The van der Waals surface area contributed by atoms with Gasteiger partial charge in [-0.2, -0.15) is 0 Å². The molecule has 0 bridgehead atoms. The summed E-state index contributed by atoms with van der Waals surface area (Å²) in [6.07, 6.45) is 1.25. The molecule has 1 aromatic carbocycles. The van der Waals surface area contributed by atoms with Gasteiger partial charge in [0.1, 0.15) is 0 Å². The zero-order valence-electron chi connectivity index (χ0n) is 12.4. The Labute approximate surface area is 117 Å². The zero-order valence-corrected chi connectivity index (χ0v) is 13.2. The third-order valence-electron chi connectivity index (χ3n) is 2.99. The molecule has 1 rings (SSSR count). The Hall–Kier alpha value is -0.470. The molecule has 1 atom stereocenters.